The third-order valence-electron chi connectivity index (χ3n) is 5.79. The van der Waals surface area contributed by atoms with Crippen molar-refractivity contribution in [1.29, 1.82) is 0 Å². The zero-order chi connectivity index (χ0) is 30.1. The molecule has 41 heavy (non-hydrogen) atoms. The third kappa shape index (κ3) is 6.44. The van der Waals surface area contributed by atoms with E-state index in [-0.39, 0.29) is 0 Å². The topological polar surface area (TPSA) is 170 Å². The highest BCUT2D eigenvalue weighted by Crippen LogP contribution is 2.46. The molecule has 1 aliphatic heterocycles. The molecule has 1 saturated carbocycles. The van der Waals surface area contributed by atoms with Crippen molar-refractivity contribution in [2.75, 3.05) is 5.32 Å². The predicted molar refractivity (Wildman–Crippen MR) is 130 cm³/mol. The van der Waals surface area contributed by atoms with Gasteiger partial charge in [0, 0.05) is 35.1 Å². The molecule has 0 spiro atoms. The number of alkyl halides is 6. The van der Waals surface area contributed by atoms with Crippen molar-refractivity contribution >= 4 is 23.4 Å². The highest BCUT2D eigenvalue weighted by molar-refractivity contribution is 5.95. The van der Waals surface area contributed by atoms with Crippen LogP contribution in [0.1, 0.15) is 30.1 Å². The van der Waals surface area contributed by atoms with Gasteiger partial charge in [0.1, 0.15) is 17.3 Å². The van der Waals surface area contributed by atoms with E-state index in [0.717, 1.165) is 51.1 Å². The number of carboxylic acid groups (broad SMARTS) is 2. The molecule has 1 aliphatic carbocycles. The summed E-state index contributed by atoms with van der Waals surface area (Å²) in [6, 6.07) is 5.98. The Kier molecular flexibility index (Phi) is 7.72. The number of imidazole rings is 1. The SMILES string of the molecule is Cc1n[nH]c(C2CC2)c1-c1nc2c([nH]1)-c1ccncc1Nc1ncccc1-2.O=C(O)C(F)(F)F.O=C(O)C(F)(F)F. The standard InChI is InChI=1S/C20H17N7.2C2HF3O2/c1-10-15(16(27-26-10)11-4-5-11)20-24-17-12-6-8-21-9-14(12)23-19-13(18(17)25-20)3-2-7-22-19;2*3-2(4,5)1(6)7/h2-3,6-9,11H,4-5H2,1H3,(H,22,23)(H,24,25)(H,26,27);2*(H,6,7). The molecule has 0 radical (unpaired) electrons. The van der Waals surface area contributed by atoms with E-state index in [1.165, 1.54) is 18.5 Å². The van der Waals surface area contributed by atoms with Gasteiger partial charge in [0.15, 0.2) is 0 Å². The van der Waals surface area contributed by atoms with Crippen molar-refractivity contribution in [3.05, 3.63) is 48.2 Å². The second-order valence-electron chi connectivity index (χ2n) is 8.73. The molecule has 4 aromatic heterocycles. The van der Waals surface area contributed by atoms with Crippen LogP contribution in [-0.2, 0) is 9.59 Å². The molecule has 216 valence electrons. The molecule has 0 aromatic carbocycles. The minimum Gasteiger partial charge on any atom is -0.475 e. The molecule has 4 aromatic rings. The van der Waals surface area contributed by atoms with E-state index >= 15 is 0 Å². The van der Waals surface area contributed by atoms with E-state index in [0.29, 0.717) is 5.92 Å². The van der Waals surface area contributed by atoms with E-state index in [2.05, 4.69) is 30.5 Å². The smallest absolute Gasteiger partial charge is 0.475 e. The molecule has 0 bridgehead atoms. The van der Waals surface area contributed by atoms with Crippen LogP contribution >= 0.6 is 0 Å². The first kappa shape index (κ1) is 29.0. The van der Waals surface area contributed by atoms with Crippen LogP contribution in [0.5, 0.6) is 0 Å². The van der Waals surface area contributed by atoms with Gasteiger partial charge < -0.3 is 20.5 Å². The lowest BCUT2D eigenvalue weighted by atomic mass is 10.1. The highest BCUT2D eigenvalue weighted by Gasteiger charge is 2.39. The zero-order valence-corrected chi connectivity index (χ0v) is 20.7. The average molecular weight is 583 g/mol. The van der Waals surface area contributed by atoms with Gasteiger partial charge in [-0.15, -0.1) is 0 Å². The number of nitrogens with zero attached hydrogens (tertiary/aromatic N) is 4. The van der Waals surface area contributed by atoms with Crippen LogP contribution in [0.2, 0.25) is 0 Å². The van der Waals surface area contributed by atoms with Gasteiger partial charge in [-0.05, 0) is 38.0 Å². The lowest BCUT2D eigenvalue weighted by Crippen LogP contribution is -2.21. The number of rotatable bonds is 2. The highest BCUT2D eigenvalue weighted by atomic mass is 19.4. The van der Waals surface area contributed by atoms with Crippen molar-refractivity contribution in [1.82, 2.24) is 30.1 Å². The number of H-pyrrole nitrogens is 2. The second-order valence-corrected chi connectivity index (χ2v) is 8.73. The fraction of sp³-hybridized carbons (Fsp3) is 0.250. The molecule has 0 saturated heterocycles. The Hall–Kier alpha value is -4.96. The van der Waals surface area contributed by atoms with Crippen LogP contribution in [-0.4, -0.2) is 64.6 Å². The number of hydrogen-bond acceptors (Lipinski definition) is 7. The molecule has 0 atom stereocenters. The summed E-state index contributed by atoms with van der Waals surface area (Å²) >= 11 is 0. The second kappa shape index (κ2) is 10.9. The number of pyridine rings is 2. The van der Waals surface area contributed by atoms with Crippen LogP contribution < -0.4 is 5.32 Å². The molecular formula is C24H19F6N7O4. The van der Waals surface area contributed by atoms with E-state index in [1.807, 2.05) is 31.3 Å². The first-order valence-electron chi connectivity index (χ1n) is 11.6. The largest absolute Gasteiger partial charge is 0.490 e. The first-order chi connectivity index (χ1) is 19.2. The van der Waals surface area contributed by atoms with Gasteiger partial charge in [-0.25, -0.2) is 19.6 Å². The molecule has 0 amide bonds. The Morgan fingerprint density at radius 2 is 1.61 bits per heavy atom. The van der Waals surface area contributed by atoms with Gasteiger partial charge in [-0.3, -0.25) is 10.1 Å². The van der Waals surface area contributed by atoms with Gasteiger partial charge in [0.05, 0.1) is 28.8 Å². The molecule has 5 N–H and O–H groups in total. The molecular weight excluding hydrogens is 564 g/mol. The Morgan fingerprint density at radius 3 is 2.20 bits per heavy atom. The Balaban J connectivity index is 0.000000232. The average Bonchev–Trinajstić information content (AvgIpc) is 3.56. The van der Waals surface area contributed by atoms with Crippen molar-refractivity contribution < 1.29 is 46.1 Å². The van der Waals surface area contributed by atoms with Gasteiger partial charge in [0.25, 0.3) is 0 Å². The molecule has 1 fully saturated rings. The third-order valence-corrected chi connectivity index (χ3v) is 5.79. The molecule has 17 heteroatoms. The van der Waals surface area contributed by atoms with Gasteiger partial charge >= 0.3 is 24.3 Å². The number of carboxylic acids is 2. The van der Waals surface area contributed by atoms with E-state index < -0.39 is 24.3 Å². The monoisotopic (exact) mass is 583 g/mol. The maximum Gasteiger partial charge on any atom is 0.490 e. The number of aryl methyl sites for hydroxylation is 1. The summed E-state index contributed by atoms with van der Waals surface area (Å²) in [4.78, 5) is 35.1. The van der Waals surface area contributed by atoms with Crippen molar-refractivity contribution in [2.45, 2.75) is 38.0 Å². The van der Waals surface area contributed by atoms with Crippen molar-refractivity contribution in [3.8, 4) is 33.9 Å². The fourth-order valence-corrected chi connectivity index (χ4v) is 3.83. The van der Waals surface area contributed by atoms with E-state index in [4.69, 9.17) is 24.8 Å². The summed E-state index contributed by atoms with van der Waals surface area (Å²) in [5, 5.41) is 25.3. The Labute approximate surface area is 225 Å². The van der Waals surface area contributed by atoms with Gasteiger partial charge in [-0.1, -0.05) is 0 Å². The number of nitrogens with one attached hydrogen (secondary N) is 3. The predicted octanol–water partition coefficient (Wildman–Crippen LogP) is 5.43. The zero-order valence-electron chi connectivity index (χ0n) is 20.7. The maximum absolute atomic E-state index is 10.6. The minimum absolute atomic E-state index is 0.568. The molecule has 2 aliphatic rings. The lowest BCUT2D eigenvalue weighted by molar-refractivity contribution is -0.193. The maximum atomic E-state index is 10.6. The molecule has 5 heterocycles. The van der Waals surface area contributed by atoms with Crippen LogP contribution in [0, 0.1) is 6.92 Å². The summed E-state index contributed by atoms with van der Waals surface area (Å²) in [6.07, 6.45) is -2.35. The number of aliphatic carboxylic acids is 2. The number of aromatic nitrogens is 6. The summed E-state index contributed by atoms with van der Waals surface area (Å²) in [6.45, 7) is 2.03. The number of fused-ring (bicyclic) bond motifs is 5. The van der Waals surface area contributed by atoms with Crippen LogP contribution in [0.3, 0.4) is 0 Å². The molecule has 0 unspecified atom stereocenters. The number of carbonyl (C=O) groups is 2. The minimum atomic E-state index is -5.08. The quantitative estimate of drug-likeness (QED) is 0.170. The van der Waals surface area contributed by atoms with Gasteiger partial charge in [-0.2, -0.15) is 31.4 Å². The summed E-state index contributed by atoms with van der Waals surface area (Å²) in [5.74, 6) is -3.30. The van der Waals surface area contributed by atoms with E-state index in [1.54, 1.807) is 12.4 Å². The number of hydrogen-bond donors (Lipinski definition) is 5. The van der Waals surface area contributed by atoms with Crippen molar-refractivity contribution in [2.24, 2.45) is 0 Å². The first-order valence-corrected chi connectivity index (χ1v) is 11.6. The Bertz CT molecular complexity index is 1500. The molecule has 6 rings (SSSR count). The van der Waals surface area contributed by atoms with Crippen LogP contribution in [0.25, 0.3) is 33.9 Å². The Morgan fingerprint density at radius 1 is 0.976 bits per heavy atom. The fourth-order valence-electron chi connectivity index (χ4n) is 3.83. The van der Waals surface area contributed by atoms with E-state index in [9.17, 15) is 26.3 Å². The number of halogens is 6. The normalized spacial score (nSPS) is 13.5. The van der Waals surface area contributed by atoms with Gasteiger partial charge in [0.2, 0.25) is 0 Å². The summed E-state index contributed by atoms with van der Waals surface area (Å²) < 4.78 is 63.5. The summed E-state index contributed by atoms with van der Waals surface area (Å²) in [7, 11) is 0. The molecule has 11 nitrogen and oxygen atoms in total. The lowest BCUT2D eigenvalue weighted by Gasteiger charge is -2.08. The van der Waals surface area contributed by atoms with Crippen molar-refractivity contribution in [3.63, 3.8) is 0 Å². The van der Waals surface area contributed by atoms with Crippen LogP contribution in [0.4, 0.5) is 37.8 Å². The number of aromatic amines is 2. The number of anilines is 2. The van der Waals surface area contributed by atoms with Crippen LogP contribution in [0.15, 0.2) is 36.8 Å². The summed E-state index contributed by atoms with van der Waals surface area (Å²) in [5.41, 5.74) is 8.05.